The van der Waals surface area contributed by atoms with Crippen LogP contribution in [0, 0.1) is 0 Å². The van der Waals surface area contributed by atoms with E-state index in [0.29, 0.717) is 0 Å². The zero-order valence-electron chi connectivity index (χ0n) is 14.1. The first-order valence-electron chi connectivity index (χ1n) is 7.90. The topological polar surface area (TPSA) is 133 Å². The highest BCUT2D eigenvalue weighted by Crippen LogP contribution is 2.40. The summed E-state index contributed by atoms with van der Waals surface area (Å²) in [7, 11) is 1.32. The zero-order valence-corrected chi connectivity index (χ0v) is 14.9. The number of ether oxygens (including phenoxy) is 1. The van der Waals surface area contributed by atoms with Gasteiger partial charge in [0.25, 0.3) is 5.91 Å². The lowest BCUT2D eigenvalue weighted by atomic mass is 9.96. The molecule has 2 heterocycles. The first-order valence-corrected chi connectivity index (χ1v) is 8.95. The molecule has 2 aliphatic rings. The molecule has 1 aromatic carbocycles. The summed E-state index contributed by atoms with van der Waals surface area (Å²) in [5.74, 6) is -5.18. The van der Waals surface area contributed by atoms with E-state index >= 15 is 0 Å². The highest BCUT2D eigenvalue weighted by Gasteiger charge is 2.55. The van der Waals surface area contributed by atoms with E-state index in [4.69, 9.17) is 4.74 Å². The molecular formula is C17H16N2O7S. The Hall–Kier alpha value is -3.01. The third-order valence-electron chi connectivity index (χ3n) is 4.32. The van der Waals surface area contributed by atoms with E-state index in [1.807, 2.05) is 0 Å². The Kier molecular flexibility index (Phi) is 5.08. The van der Waals surface area contributed by atoms with Gasteiger partial charge in [0.1, 0.15) is 17.2 Å². The molecule has 0 aliphatic carbocycles. The van der Waals surface area contributed by atoms with Crippen molar-refractivity contribution in [2.75, 3.05) is 12.9 Å². The second-order valence-corrected chi connectivity index (χ2v) is 6.96. The fraction of sp³-hybridized carbons (Fsp3) is 0.294. The molecule has 2 aliphatic heterocycles. The van der Waals surface area contributed by atoms with Crippen LogP contribution in [-0.4, -0.2) is 63.1 Å². The van der Waals surface area contributed by atoms with E-state index < -0.39 is 41.1 Å². The van der Waals surface area contributed by atoms with Gasteiger partial charge in [-0.05, 0) is 5.56 Å². The number of benzene rings is 1. The van der Waals surface area contributed by atoms with Crippen LogP contribution in [0.5, 0.6) is 0 Å². The molecule has 0 aromatic heterocycles. The molecule has 0 bridgehead atoms. The summed E-state index contributed by atoms with van der Waals surface area (Å²) in [5, 5.41) is 20.6. The van der Waals surface area contributed by atoms with Crippen molar-refractivity contribution >= 4 is 35.5 Å². The maximum Gasteiger partial charge on any atom is 0.356 e. The highest BCUT2D eigenvalue weighted by atomic mass is 32.2. The van der Waals surface area contributed by atoms with E-state index in [0.717, 1.165) is 4.90 Å². The summed E-state index contributed by atoms with van der Waals surface area (Å²) in [4.78, 5) is 49.0. The van der Waals surface area contributed by atoms with Crippen molar-refractivity contribution in [2.24, 2.45) is 0 Å². The maximum atomic E-state index is 12.5. The van der Waals surface area contributed by atoms with Crippen LogP contribution in [0.2, 0.25) is 0 Å². The normalized spacial score (nSPS) is 22.4. The first-order chi connectivity index (χ1) is 12.9. The molecule has 142 valence electrons. The van der Waals surface area contributed by atoms with Crippen molar-refractivity contribution in [1.82, 2.24) is 10.2 Å². The van der Waals surface area contributed by atoms with Crippen LogP contribution in [0.4, 0.5) is 0 Å². The number of thioether (sulfide) groups is 1. The van der Waals surface area contributed by atoms with Crippen LogP contribution in [0.1, 0.15) is 11.5 Å². The minimum absolute atomic E-state index is 0.162. The van der Waals surface area contributed by atoms with Crippen molar-refractivity contribution in [3.05, 3.63) is 47.4 Å². The minimum Gasteiger partial charge on any atom is -0.498 e. The van der Waals surface area contributed by atoms with Gasteiger partial charge >= 0.3 is 11.9 Å². The average molecular weight is 392 g/mol. The summed E-state index contributed by atoms with van der Waals surface area (Å²) < 4.78 is 5.03. The quantitative estimate of drug-likeness (QED) is 0.462. The van der Waals surface area contributed by atoms with Crippen LogP contribution < -0.4 is 5.32 Å². The largest absolute Gasteiger partial charge is 0.498 e. The Balaban J connectivity index is 1.79. The van der Waals surface area contributed by atoms with E-state index in [1.54, 1.807) is 18.2 Å². The fourth-order valence-electron chi connectivity index (χ4n) is 3.04. The van der Waals surface area contributed by atoms with Crippen molar-refractivity contribution in [2.45, 2.75) is 17.3 Å². The fourth-order valence-corrected chi connectivity index (χ4v) is 4.35. The van der Waals surface area contributed by atoms with Gasteiger partial charge in [-0.25, -0.2) is 4.79 Å². The molecule has 3 rings (SSSR count). The number of β-lactam (4-membered cyclic amide) rings is 1. The number of hydrogen-bond donors (Lipinski definition) is 3. The van der Waals surface area contributed by atoms with Gasteiger partial charge in [0.2, 0.25) is 5.91 Å². The summed E-state index contributed by atoms with van der Waals surface area (Å²) >= 11 is 1.23. The second-order valence-electron chi connectivity index (χ2n) is 5.86. The zero-order chi connectivity index (χ0) is 19.7. The van der Waals surface area contributed by atoms with Crippen LogP contribution in [0.15, 0.2) is 41.8 Å². The Morgan fingerprint density at radius 3 is 2.48 bits per heavy atom. The molecule has 2 amide bonds. The van der Waals surface area contributed by atoms with Gasteiger partial charge in [0.15, 0.2) is 11.6 Å². The Morgan fingerprint density at radius 2 is 1.93 bits per heavy atom. The third-order valence-corrected chi connectivity index (χ3v) is 5.58. The molecule has 1 unspecified atom stereocenters. The number of rotatable bonds is 6. The predicted octanol–water partition coefficient (Wildman–Crippen LogP) is 0.197. The smallest absolute Gasteiger partial charge is 0.356 e. The Labute approximate surface area is 158 Å². The van der Waals surface area contributed by atoms with Crippen molar-refractivity contribution in [1.29, 1.82) is 0 Å². The standard InChI is InChI=1S/C17H16N2O7S/c1-26-9-7-27-15-11(14(21)19(15)12(9)17(24)25)18-13(20)10(16(22)23)8-5-3-2-4-6-8/h2-6,10-11,15H,7H2,1H3,(H,18,20)(H,22,23)(H,24,25)/t10?,11-,15+/m1/s1. The Morgan fingerprint density at radius 1 is 1.26 bits per heavy atom. The summed E-state index contributed by atoms with van der Waals surface area (Å²) in [6, 6.07) is 6.95. The number of carboxylic acid groups (broad SMARTS) is 2. The van der Waals surface area contributed by atoms with Crippen LogP contribution in [-0.2, 0) is 23.9 Å². The van der Waals surface area contributed by atoms with E-state index in [9.17, 15) is 29.4 Å². The SMILES string of the molecule is COC1=C(C(=O)O)N2C(=O)[C@@H](NC(=O)C(C(=O)O)c3ccccc3)[C@@H]2SC1. The summed E-state index contributed by atoms with van der Waals surface area (Å²) in [6.45, 7) is 0. The average Bonchev–Trinajstić information content (AvgIpc) is 2.65. The lowest BCUT2D eigenvalue weighted by molar-refractivity contribution is -0.152. The van der Waals surface area contributed by atoms with Gasteiger partial charge in [0.05, 0.1) is 12.9 Å². The molecule has 1 aromatic rings. The van der Waals surface area contributed by atoms with Crippen molar-refractivity contribution in [3.63, 3.8) is 0 Å². The monoisotopic (exact) mass is 392 g/mol. The van der Waals surface area contributed by atoms with E-state index in [1.165, 1.54) is 31.0 Å². The first kappa shape index (κ1) is 18.8. The van der Waals surface area contributed by atoms with Gasteiger partial charge < -0.3 is 20.3 Å². The number of nitrogens with one attached hydrogen (secondary N) is 1. The molecule has 9 nitrogen and oxygen atoms in total. The number of carbonyl (C=O) groups is 4. The number of aliphatic carboxylic acids is 2. The molecule has 3 atom stereocenters. The summed E-state index contributed by atoms with van der Waals surface area (Å²) in [6.07, 6.45) is 0. The second kappa shape index (κ2) is 7.31. The van der Waals surface area contributed by atoms with Gasteiger partial charge in [-0.3, -0.25) is 19.3 Å². The number of hydrogen-bond acceptors (Lipinski definition) is 6. The van der Waals surface area contributed by atoms with E-state index in [2.05, 4.69) is 5.32 Å². The van der Waals surface area contributed by atoms with Crippen molar-refractivity contribution < 1.29 is 34.1 Å². The lowest BCUT2D eigenvalue weighted by Crippen LogP contribution is -2.71. The van der Waals surface area contributed by atoms with Crippen LogP contribution in [0.25, 0.3) is 0 Å². The van der Waals surface area contributed by atoms with Gasteiger partial charge in [0, 0.05) is 0 Å². The third kappa shape index (κ3) is 3.23. The lowest BCUT2D eigenvalue weighted by Gasteiger charge is -2.49. The molecule has 0 spiro atoms. The number of carbonyl (C=O) groups excluding carboxylic acids is 2. The van der Waals surface area contributed by atoms with Crippen LogP contribution >= 0.6 is 11.8 Å². The molecule has 10 heteroatoms. The number of carboxylic acids is 2. The van der Waals surface area contributed by atoms with E-state index in [-0.39, 0.29) is 22.8 Å². The van der Waals surface area contributed by atoms with Gasteiger partial charge in [-0.2, -0.15) is 0 Å². The minimum atomic E-state index is -1.47. The predicted molar refractivity (Wildman–Crippen MR) is 93.5 cm³/mol. The van der Waals surface area contributed by atoms with Crippen molar-refractivity contribution in [3.8, 4) is 0 Å². The molecule has 3 N–H and O–H groups in total. The molecule has 1 saturated heterocycles. The molecular weight excluding hydrogens is 376 g/mol. The number of amides is 2. The summed E-state index contributed by atoms with van der Waals surface area (Å²) in [5.41, 5.74) is 0.0322. The van der Waals surface area contributed by atoms with Gasteiger partial charge in [-0.15, -0.1) is 11.8 Å². The molecule has 1 fully saturated rings. The molecule has 0 saturated carbocycles. The number of nitrogens with zero attached hydrogens (tertiary/aromatic N) is 1. The van der Waals surface area contributed by atoms with Gasteiger partial charge in [-0.1, -0.05) is 30.3 Å². The molecule has 27 heavy (non-hydrogen) atoms. The number of methoxy groups -OCH3 is 1. The molecule has 0 radical (unpaired) electrons. The van der Waals surface area contributed by atoms with Crippen LogP contribution in [0.3, 0.4) is 0 Å². The number of fused-ring (bicyclic) bond motifs is 1. The maximum absolute atomic E-state index is 12.5. The highest BCUT2D eigenvalue weighted by molar-refractivity contribution is 8.00. The Bertz CT molecular complexity index is 839.